The van der Waals surface area contributed by atoms with Crippen LogP contribution in [-0.4, -0.2) is 23.0 Å². The molecule has 0 amide bonds. The highest BCUT2D eigenvalue weighted by molar-refractivity contribution is 9.10. The maximum Gasteiger partial charge on any atom is 0.133 e. The van der Waals surface area contributed by atoms with Crippen molar-refractivity contribution in [1.82, 2.24) is 4.98 Å². The van der Waals surface area contributed by atoms with Gasteiger partial charge in [0.25, 0.3) is 0 Å². The number of halogens is 1. The maximum atomic E-state index is 4.43. The molecule has 0 aliphatic heterocycles. The Morgan fingerprint density at radius 1 is 1.33 bits per heavy atom. The summed E-state index contributed by atoms with van der Waals surface area (Å²) in [7, 11) is 0. The summed E-state index contributed by atoms with van der Waals surface area (Å²) in [5.74, 6) is 0.974. The third-order valence-corrected chi connectivity index (χ3v) is 4.73. The molecule has 2 aromatic rings. The highest BCUT2D eigenvalue weighted by Gasteiger charge is 2.05. The van der Waals surface area contributed by atoms with Crippen molar-refractivity contribution in [3.63, 3.8) is 0 Å². The molecular formula is C14H17BrN2S. The van der Waals surface area contributed by atoms with Crippen LogP contribution in [-0.2, 0) is 0 Å². The van der Waals surface area contributed by atoms with Gasteiger partial charge in [0, 0.05) is 33.2 Å². The van der Waals surface area contributed by atoms with Crippen LogP contribution >= 0.6 is 27.7 Å². The van der Waals surface area contributed by atoms with E-state index in [1.54, 1.807) is 0 Å². The predicted molar refractivity (Wildman–Crippen MR) is 85.5 cm³/mol. The molecule has 2 rings (SSSR count). The first kappa shape index (κ1) is 13.7. The molecule has 1 N–H and O–H groups in total. The van der Waals surface area contributed by atoms with Crippen LogP contribution in [0.4, 0.5) is 5.82 Å². The number of thioether (sulfide) groups is 1. The standard InChI is InChI=1S/C14H17BrN2S/c1-10(18-2)6-8-16-14-12-4-3-5-13(15)11(12)7-9-17-14/h3-5,7,9-10H,6,8H2,1-2H3,(H,16,17). The zero-order chi connectivity index (χ0) is 13.0. The van der Waals surface area contributed by atoms with E-state index in [9.17, 15) is 0 Å². The predicted octanol–water partition coefficient (Wildman–Crippen LogP) is 4.55. The van der Waals surface area contributed by atoms with Gasteiger partial charge in [0.2, 0.25) is 0 Å². The minimum absolute atomic E-state index is 0.680. The number of aromatic nitrogens is 1. The Hall–Kier alpha value is -0.740. The largest absolute Gasteiger partial charge is 0.370 e. The molecule has 1 aromatic carbocycles. The number of hydrogen-bond acceptors (Lipinski definition) is 3. The third-order valence-electron chi connectivity index (χ3n) is 3.00. The van der Waals surface area contributed by atoms with E-state index in [-0.39, 0.29) is 0 Å². The van der Waals surface area contributed by atoms with Crippen LogP contribution in [0.2, 0.25) is 0 Å². The maximum absolute atomic E-state index is 4.43. The van der Waals surface area contributed by atoms with E-state index in [4.69, 9.17) is 0 Å². The molecule has 1 atom stereocenters. The molecule has 0 bridgehead atoms. The molecule has 0 spiro atoms. The molecule has 4 heteroatoms. The summed E-state index contributed by atoms with van der Waals surface area (Å²) in [5, 5.41) is 6.49. The van der Waals surface area contributed by atoms with Gasteiger partial charge in [0.15, 0.2) is 0 Å². The number of pyridine rings is 1. The Bertz CT molecular complexity index is 530. The fourth-order valence-corrected chi connectivity index (χ4v) is 2.67. The Labute approximate surface area is 121 Å². The van der Waals surface area contributed by atoms with E-state index in [1.807, 2.05) is 30.1 Å². The summed E-state index contributed by atoms with van der Waals surface area (Å²) in [4.78, 5) is 4.43. The highest BCUT2D eigenvalue weighted by atomic mass is 79.9. The average Bonchev–Trinajstić information content (AvgIpc) is 2.39. The van der Waals surface area contributed by atoms with Crippen molar-refractivity contribution in [2.45, 2.75) is 18.6 Å². The fourth-order valence-electron chi connectivity index (χ4n) is 1.82. The van der Waals surface area contributed by atoms with E-state index >= 15 is 0 Å². The number of nitrogens with zero attached hydrogens (tertiary/aromatic N) is 1. The van der Waals surface area contributed by atoms with E-state index in [1.165, 1.54) is 10.8 Å². The zero-order valence-electron chi connectivity index (χ0n) is 10.6. The van der Waals surface area contributed by atoms with Crippen LogP contribution in [0.1, 0.15) is 13.3 Å². The van der Waals surface area contributed by atoms with Gasteiger partial charge in [-0.2, -0.15) is 11.8 Å². The SMILES string of the molecule is CSC(C)CCNc1nccc2c(Br)cccc12. The van der Waals surface area contributed by atoms with Crippen molar-refractivity contribution < 1.29 is 0 Å². The van der Waals surface area contributed by atoms with Gasteiger partial charge in [-0.1, -0.05) is 35.0 Å². The summed E-state index contributed by atoms with van der Waals surface area (Å²) in [6.07, 6.45) is 5.15. The number of anilines is 1. The van der Waals surface area contributed by atoms with Gasteiger partial charge in [0.1, 0.15) is 5.82 Å². The summed E-state index contributed by atoms with van der Waals surface area (Å²) in [6, 6.07) is 8.24. The molecule has 18 heavy (non-hydrogen) atoms. The first-order chi connectivity index (χ1) is 8.72. The Morgan fingerprint density at radius 2 is 2.17 bits per heavy atom. The molecule has 2 nitrogen and oxygen atoms in total. The van der Waals surface area contributed by atoms with Crippen LogP contribution < -0.4 is 5.32 Å². The van der Waals surface area contributed by atoms with Crippen LogP contribution in [0.25, 0.3) is 10.8 Å². The van der Waals surface area contributed by atoms with Gasteiger partial charge in [-0.3, -0.25) is 0 Å². The molecule has 1 heterocycles. The van der Waals surface area contributed by atoms with Crippen molar-refractivity contribution in [3.8, 4) is 0 Å². The number of nitrogens with one attached hydrogen (secondary N) is 1. The number of rotatable bonds is 5. The number of fused-ring (bicyclic) bond motifs is 1. The van der Waals surface area contributed by atoms with Crippen molar-refractivity contribution in [3.05, 3.63) is 34.9 Å². The average molecular weight is 325 g/mol. The van der Waals surface area contributed by atoms with Gasteiger partial charge in [-0.05, 0) is 24.8 Å². The molecule has 0 aliphatic carbocycles. The lowest BCUT2D eigenvalue weighted by Gasteiger charge is -2.11. The Morgan fingerprint density at radius 3 is 2.94 bits per heavy atom. The minimum atomic E-state index is 0.680. The zero-order valence-corrected chi connectivity index (χ0v) is 13.0. The van der Waals surface area contributed by atoms with Crippen molar-refractivity contribution >= 4 is 44.3 Å². The molecule has 0 fully saturated rings. The molecule has 1 aromatic heterocycles. The second kappa shape index (κ2) is 6.43. The summed E-state index contributed by atoms with van der Waals surface area (Å²) < 4.78 is 1.11. The molecule has 96 valence electrons. The monoisotopic (exact) mass is 324 g/mol. The summed E-state index contributed by atoms with van der Waals surface area (Å²) in [6.45, 7) is 3.21. The Kier molecular flexibility index (Phi) is 4.89. The second-order valence-corrected chi connectivity index (χ2v) is 6.39. The van der Waals surface area contributed by atoms with Crippen LogP contribution in [0, 0.1) is 0 Å². The molecule has 1 unspecified atom stereocenters. The first-order valence-corrected chi connectivity index (χ1v) is 8.10. The van der Waals surface area contributed by atoms with Crippen LogP contribution in [0.5, 0.6) is 0 Å². The normalized spacial score (nSPS) is 12.6. The van der Waals surface area contributed by atoms with E-state index in [2.05, 4.69) is 51.5 Å². The minimum Gasteiger partial charge on any atom is -0.370 e. The third kappa shape index (κ3) is 3.18. The lowest BCUT2D eigenvalue weighted by molar-refractivity contribution is 0.851. The lowest BCUT2D eigenvalue weighted by Crippen LogP contribution is -2.08. The van der Waals surface area contributed by atoms with Crippen molar-refractivity contribution in [1.29, 1.82) is 0 Å². The molecule has 0 radical (unpaired) electrons. The molecule has 0 saturated heterocycles. The summed E-state index contributed by atoms with van der Waals surface area (Å²) >= 11 is 5.47. The highest BCUT2D eigenvalue weighted by Crippen LogP contribution is 2.27. The van der Waals surface area contributed by atoms with Crippen molar-refractivity contribution in [2.24, 2.45) is 0 Å². The van der Waals surface area contributed by atoms with E-state index in [0.717, 1.165) is 23.3 Å². The quantitative estimate of drug-likeness (QED) is 0.873. The molecule has 0 saturated carbocycles. The van der Waals surface area contributed by atoms with Gasteiger partial charge < -0.3 is 5.32 Å². The molecular weight excluding hydrogens is 308 g/mol. The van der Waals surface area contributed by atoms with Crippen molar-refractivity contribution in [2.75, 3.05) is 18.1 Å². The lowest BCUT2D eigenvalue weighted by atomic mass is 10.1. The Balaban J connectivity index is 2.16. The fraction of sp³-hybridized carbons (Fsp3) is 0.357. The first-order valence-electron chi connectivity index (χ1n) is 6.02. The van der Waals surface area contributed by atoms with E-state index in [0.29, 0.717) is 5.25 Å². The second-order valence-electron chi connectivity index (χ2n) is 4.26. The van der Waals surface area contributed by atoms with Gasteiger partial charge in [0.05, 0.1) is 0 Å². The number of hydrogen-bond donors (Lipinski definition) is 1. The van der Waals surface area contributed by atoms with E-state index < -0.39 is 0 Å². The van der Waals surface area contributed by atoms with Gasteiger partial charge in [-0.25, -0.2) is 4.98 Å². The smallest absolute Gasteiger partial charge is 0.133 e. The number of benzene rings is 1. The van der Waals surface area contributed by atoms with Gasteiger partial charge in [-0.15, -0.1) is 0 Å². The molecule has 0 aliphatic rings. The van der Waals surface area contributed by atoms with Gasteiger partial charge >= 0.3 is 0 Å². The topological polar surface area (TPSA) is 24.9 Å². The van der Waals surface area contributed by atoms with Crippen LogP contribution in [0.3, 0.4) is 0 Å². The van der Waals surface area contributed by atoms with Crippen LogP contribution in [0.15, 0.2) is 34.9 Å². The summed E-state index contributed by atoms with van der Waals surface area (Å²) in [5.41, 5.74) is 0.